The minimum atomic E-state index is -0.565. The van der Waals surface area contributed by atoms with Crippen LogP contribution in [-0.2, 0) is 9.53 Å². The van der Waals surface area contributed by atoms with E-state index in [1.54, 1.807) is 24.3 Å². The summed E-state index contributed by atoms with van der Waals surface area (Å²) in [5.41, 5.74) is 1.21. The van der Waals surface area contributed by atoms with E-state index in [0.717, 1.165) is 16.5 Å². The second-order valence-electron chi connectivity index (χ2n) is 7.81. The summed E-state index contributed by atoms with van der Waals surface area (Å²) in [6, 6.07) is 18.7. The number of anilines is 1. The molecule has 3 aromatic rings. The fourth-order valence-electron chi connectivity index (χ4n) is 3.03. The summed E-state index contributed by atoms with van der Waals surface area (Å²) in [4.78, 5) is 24.9. The molecule has 0 radical (unpaired) electrons. The molecule has 5 nitrogen and oxygen atoms in total. The molecule has 154 valence electrons. The summed E-state index contributed by atoms with van der Waals surface area (Å²) in [5, 5.41) is 4.95. The lowest BCUT2D eigenvalue weighted by Crippen LogP contribution is -2.22. The molecule has 0 atom stereocenters. The van der Waals surface area contributed by atoms with Crippen molar-refractivity contribution in [2.75, 3.05) is 12.4 Å². The average molecular weight is 403 g/mol. The third kappa shape index (κ3) is 5.26. The van der Waals surface area contributed by atoms with Crippen molar-refractivity contribution >= 4 is 34.4 Å². The smallest absolute Gasteiger partial charge is 0.331 e. The Bertz CT molecular complexity index is 1100. The monoisotopic (exact) mass is 403 g/mol. The highest BCUT2D eigenvalue weighted by Gasteiger charge is 2.16. The molecule has 0 bridgehead atoms. The fourth-order valence-corrected chi connectivity index (χ4v) is 3.03. The van der Waals surface area contributed by atoms with Gasteiger partial charge in [0, 0.05) is 17.1 Å². The Morgan fingerprint density at radius 3 is 2.43 bits per heavy atom. The second-order valence-corrected chi connectivity index (χ2v) is 7.81. The van der Waals surface area contributed by atoms with Gasteiger partial charge in [-0.3, -0.25) is 4.79 Å². The molecule has 0 aliphatic carbocycles. The molecule has 0 spiro atoms. The normalized spacial score (nSPS) is 11.5. The summed E-state index contributed by atoms with van der Waals surface area (Å²) in [7, 11) is 1.51. The van der Waals surface area contributed by atoms with Gasteiger partial charge in [-0.2, -0.15) is 0 Å². The Hall–Kier alpha value is -3.60. The number of carbonyl (C=O) groups excluding carboxylic acids is 2. The van der Waals surface area contributed by atoms with Crippen molar-refractivity contribution in [1.82, 2.24) is 0 Å². The predicted molar refractivity (Wildman–Crippen MR) is 120 cm³/mol. The van der Waals surface area contributed by atoms with E-state index in [2.05, 4.69) is 5.32 Å². The van der Waals surface area contributed by atoms with Crippen LogP contribution < -0.4 is 10.1 Å². The number of amides is 1. The van der Waals surface area contributed by atoms with Crippen LogP contribution in [0, 0.1) is 0 Å². The van der Waals surface area contributed by atoms with Crippen molar-refractivity contribution in [1.29, 1.82) is 0 Å². The summed E-state index contributed by atoms with van der Waals surface area (Å²) >= 11 is 0. The van der Waals surface area contributed by atoms with Crippen LogP contribution in [0.3, 0.4) is 0 Å². The quantitative estimate of drug-likeness (QED) is 0.454. The Morgan fingerprint density at radius 2 is 1.70 bits per heavy atom. The Labute approximate surface area is 176 Å². The standard InChI is InChI=1S/C25H25NO4/c1-25(2,3)30-23(27)15-13-17-12-14-22(29-4)20(16-17)24(28)26-21-11-7-9-18-8-5-6-10-19(18)21/h5-16H,1-4H3,(H,26,28)/b15-13+. The topological polar surface area (TPSA) is 64.6 Å². The molecule has 0 saturated carbocycles. The van der Waals surface area contributed by atoms with Crippen LogP contribution in [0.15, 0.2) is 66.7 Å². The van der Waals surface area contributed by atoms with E-state index in [-0.39, 0.29) is 5.91 Å². The molecule has 0 saturated heterocycles. The molecule has 0 aliphatic rings. The summed E-state index contributed by atoms with van der Waals surface area (Å²) in [5.74, 6) is -0.294. The first kappa shape index (κ1) is 21.1. The first-order valence-electron chi connectivity index (χ1n) is 9.65. The zero-order valence-corrected chi connectivity index (χ0v) is 17.6. The van der Waals surface area contributed by atoms with Crippen molar-refractivity contribution in [2.45, 2.75) is 26.4 Å². The van der Waals surface area contributed by atoms with Crippen LogP contribution >= 0.6 is 0 Å². The van der Waals surface area contributed by atoms with Crippen LogP contribution in [0.25, 0.3) is 16.8 Å². The molecule has 0 aromatic heterocycles. The van der Waals surface area contributed by atoms with Crippen LogP contribution in [0.2, 0.25) is 0 Å². The van der Waals surface area contributed by atoms with Crippen LogP contribution in [0.1, 0.15) is 36.7 Å². The number of benzene rings is 3. The van der Waals surface area contributed by atoms with Crippen LogP contribution in [-0.4, -0.2) is 24.6 Å². The maximum Gasteiger partial charge on any atom is 0.331 e. The van der Waals surface area contributed by atoms with Gasteiger partial charge in [0.1, 0.15) is 11.4 Å². The van der Waals surface area contributed by atoms with E-state index in [4.69, 9.17) is 9.47 Å². The number of hydrogen-bond donors (Lipinski definition) is 1. The third-order valence-electron chi connectivity index (χ3n) is 4.32. The summed E-state index contributed by atoms with van der Waals surface area (Å²) in [6.45, 7) is 5.42. The highest BCUT2D eigenvalue weighted by Crippen LogP contribution is 2.26. The van der Waals surface area contributed by atoms with Gasteiger partial charge in [0.25, 0.3) is 5.91 Å². The fraction of sp³-hybridized carbons (Fsp3) is 0.200. The second kappa shape index (κ2) is 8.82. The molecule has 0 aliphatic heterocycles. The van der Waals surface area contributed by atoms with Gasteiger partial charge in [0.2, 0.25) is 0 Å². The minimum Gasteiger partial charge on any atom is -0.496 e. The van der Waals surface area contributed by atoms with Gasteiger partial charge >= 0.3 is 5.97 Å². The number of methoxy groups -OCH3 is 1. The van der Waals surface area contributed by atoms with E-state index in [1.165, 1.54) is 13.2 Å². The van der Waals surface area contributed by atoms with E-state index >= 15 is 0 Å². The van der Waals surface area contributed by atoms with Gasteiger partial charge in [-0.05, 0) is 56.0 Å². The molecule has 3 rings (SSSR count). The molecule has 1 N–H and O–H groups in total. The van der Waals surface area contributed by atoms with Gasteiger partial charge in [-0.15, -0.1) is 0 Å². The molecule has 3 aromatic carbocycles. The number of fused-ring (bicyclic) bond motifs is 1. The Balaban J connectivity index is 1.86. The summed E-state index contributed by atoms with van der Waals surface area (Å²) < 4.78 is 10.6. The van der Waals surface area contributed by atoms with Crippen molar-refractivity contribution in [3.05, 3.63) is 77.9 Å². The van der Waals surface area contributed by atoms with Crippen molar-refractivity contribution in [3.8, 4) is 5.75 Å². The first-order chi connectivity index (χ1) is 14.3. The van der Waals surface area contributed by atoms with Gasteiger partial charge in [-0.25, -0.2) is 4.79 Å². The minimum absolute atomic E-state index is 0.296. The predicted octanol–water partition coefficient (Wildman–Crippen LogP) is 5.46. The molecule has 5 heteroatoms. The molecule has 0 heterocycles. The number of ether oxygens (including phenoxy) is 2. The third-order valence-corrected chi connectivity index (χ3v) is 4.32. The maximum absolute atomic E-state index is 13.0. The number of hydrogen-bond acceptors (Lipinski definition) is 4. The lowest BCUT2D eigenvalue weighted by molar-refractivity contribution is -0.148. The molecular weight excluding hydrogens is 378 g/mol. The zero-order valence-electron chi connectivity index (χ0n) is 17.6. The largest absolute Gasteiger partial charge is 0.496 e. The van der Waals surface area contributed by atoms with Crippen LogP contribution in [0.4, 0.5) is 5.69 Å². The number of nitrogens with one attached hydrogen (secondary N) is 1. The van der Waals surface area contributed by atoms with Gasteiger partial charge in [-0.1, -0.05) is 42.5 Å². The lowest BCUT2D eigenvalue weighted by Gasteiger charge is -2.17. The number of esters is 1. The van der Waals surface area contributed by atoms with Crippen molar-refractivity contribution in [2.24, 2.45) is 0 Å². The first-order valence-corrected chi connectivity index (χ1v) is 9.65. The Morgan fingerprint density at radius 1 is 0.967 bits per heavy atom. The van der Waals surface area contributed by atoms with Crippen molar-refractivity contribution < 1.29 is 19.1 Å². The van der Waals surface area contributed by atoms with E-state index in [0.29, 0.717) is 16.9 Å². The highest BCUT2D eigenvalue weighted by atomic mass is 16.6. The van der Waals surface area contributed by atoms with Crippen molar-refractivity contribution in [3.63, 3.8) is 0 Å². The molecule has 0 unspecified atom stereocenters. The maximum atomic E-state index is 13.0. The average Bonchev–Trinajstić information content (AvgIpc) is 2.71. The Kier molecular flexibility index (Phi) is 6.21. The van der Waals surface area contributed by atoms with Gasteiger partial charge < -0.3 is 14.8 Å². The SMILES string of the molecule is COc1ccc(/C=C/C(=O)OC(C)(C)C)cc1C(=O)Nc1cccc2ccccc12. The van der Waals surface area contributed by atoms with Gasteiger partial charge in [0.05, 0.1) is 12.7 Å². The van der Waals surface area contributed by atoms with E-state index < -0.39 is 11.6 Å². The highest BCUT2D eigenvalue weighted by molar-refractivity contribution is 6.10. The van der Waals surface area contributed by atoms with Gasteiger partial charge in [0.15, 0.2) is 0 Å². The zero-order chi connectivity index (χ0) is 21.7. The molecular formula is C25H25NO4. The lowest BCUT2D eigenvalue weighted by atomic mass is 10.1. The molecule has 30 heavy (non-hydrogen) atoms. The summed E-state index contributed by atoms with van der Waals surface area (Å²) in [6.07, 6.45) is 2.96. The van der Waals surface area contributed by atoms with Crippen LogP contribution in [0.5, 0.6) is 5.75 Å². The number of carbonyl (C=O) groups is 2. The number of rotatable bonds is 5. The molecule has 0 fully saturated rings. The van der Waals surface area contributed by atoms with E-state index in [1.807, 2.05) is 63.2 Å². The van der Waals surface area contributed by atoms with E-state index in [9.17, 15) is 9.59 Å². The molecule has 1 amide bonds.